The van der Waals surface area contributed by atoms with Crippen molar-refractivity contribution in [2.75, 3.05) is 6.54 Å². The molecule has 3 aliphatic heterocycles. The van der Waals surface area contributed by atoms with Crippen molar-refractivity contribution < 1.29 is 18.6 Å². The Hall–Kier alpha value is -6.18. The van der Waals surface area contributed by atoms with Gasteiger partial charge < -0.3 is 0 Å². The van der Waals surface area contributed by atoms with Gasteiger partial charge in [0.2, 0.25) is 0 Å². The Kier molecular flexibility index (Phi) is 17.3. The molecule has 0 aliphatic carbocycles. The van der Waals surface area contributed by atoms with Crippen LogP contribution in [-0.2, 0) is 5.41 Å². The van der Waals surface area contributed by atoms with E-state index in [1.807, 2.05) is 0 Å². The van der Waals surface area contributed by atoms with Gasteiger partial charge in [-0.25, -0.2) is 0 Å². The monoisotopic (exact) mass is 1210 g/mol. The van der Waals surface area contributed by atoms with E-state index < -0.39 is 33.1 Å². The molecule has 3 heterocycles. The fourth-order valence-corrected chi connectivity index (χ4v) is 32.4. The second kappa shape index (κ2) is 24.6. The van der Waals surface area contributed by atoms with E-state index in [1.54, 1.807) is 0 Å². The van der Waals surface area contributed by atoms with Crippen molar-refractivity contribution in [1.29, 1.82) is 0 Å². The van der Waals surface area contributed by atoms with Crippen LogP contribution in [0.15, 0.2) is 206 Å². The molecule has 4 nitrogen and oxygen atoms in total. The number of aryl methyl sites for hydroxylation is 1. The van der Waals surface area contributed by atoms with Crippen molar-refractivity contribution in [3.63, 3.8) is 0 Å². The van der Waals surface area contributed by atoms with E-state index in [0.717, 1.165) is 65.3 Å². The summed E-state index contributed by atoms with van der Waals surface area (Å²) in [6.07, 6.45) is 16.6. The Morgan fingerprint density at radius 2 is 0.817 bits per heavy atom. The van der Waals surface area contributed by atoms with Crippen molar-refractivity contribution in [3.8, 4) is 11.5 Å². The number of hydrogen-bond acceptors (Lipinski definition) is 2. The summed E-state index contributed by atoms with van der Waals surface area (Å²) >= 11 is -5.97. The number of ether oxygens (including phenoxy) is 2. The number of unbranched alkanes of at least 4 members (excludes halogenated alkanes) is 2. The normalized spacial score (nSPS) is 16.3. The van der Waals surface area contributed by atoms with Crippen LogP contribution in [0.4, 0.5) is 0 Å². The number of rotatable bonds is 22. The third-order valence-corrected chi connectivity index (χ3v) is 37.2. The summed E-state index contributed by atoms with van der Waals surface area (Å²) in [6, 6.07) is 78.1. The van der Waals surface area contributed by atoms with Gasteiger partial charge in [-0.1, -0.05) is 66.4 Å². The molecule has 11 rings (SSSR count). The third-order valence-electron chi connectivity index (χ3n) is 18.2. The molecule has 1 spiro atoms. The van der Waals surface area contributed by atoms with Crippen LogP contribution in [0.5, 0.6) is 11.5 Å². The van der Waals surface area contributed by atoms with E-state index >= 15 is 0 Å². The fourth-order valence-electron chi connectivity index (χ4n) is 14.1. The van der Waals surface area contributed by atoms with Gasteiger partial charge in [-0.15, -0.1) is 0 Å². The van der Waals surface area contributed by atoms with Gasteiger partial charge >= 0.3 is 387 Å². The maximum atomic E-state index is 7.59. The van der Waals surface area contributed by atoms with E-state index in [-0.39, 0.29) is 11.0 Å². The molecule has 6 heteroatoms. The molecule has 1 atom stereocenters. The van der Waals surface area contributed by atoms with Crippen LogP contribution < -0.4 is 35.6 Å². The van der Waals surface area contributed by atoms with Gasteiger partial charge in [-0.2, -0.15) is 0 Å². The van der Waals surface area contributed by atoms with Crippen molar-refractivity contribution in [1.82, 2.24) is 0 Å². The summed E-state index contributed by atoms with van der Waals surface area (Å²) in [5.74, 6) is 2.73. The van der Waals surface area contributed by atoms with E-state index in [2.05, 4.69) is 283 Å². The minimum atomic E-state index is -2.98. The molecule has 1 saturated heterocycles. The van der Waals surface area contributed by atoms with Gasteiger partial charge in [0.1, 0.15) is 0 Å². The Bertz CT molecular complexity index is 3170. The first-order valence-electron chi connectivity index (χ1n) is 30.9. The molecule has 3 aliphatic rings. The number of hydrogen-bond donors (Lipinski definition) is 0. The van der Waals surface area contributed by atoms with Crippen LogP contribution >= 0.6 is 0 Å². The predicted octanol–water partition coefficient (Wildman–Crippen LogP) is 14.5. The average Bonchev–Trinajstić information content (AvgIpc) is 1.88. The zero-order valence-electron chi connectivity index (χ0n) is 50.2. The maximum absolute atomic E-state index is 7.59. The molecule has 0 aromatic heterocycles. The Balaban J connectivity index is 0.992. The fraction of sp³-hybridized carbons (Fsp3) is 0.342. The Labute approximate surface area is 497 Å². The summed E-state index contributed by atoms with van der Waals surface area (Å²) in [6.45, 7) is 19.4. The SMILES string of the molecule is CCCCC(CCCC)c1cc2c(c(C(C)(C)C)c1)OC13Oc4c(C)cc(C(CCC[As+](c5ccccc5)(c5ccccc5)c5ccccc5)CCC[As+](c5ccccc5)(c5ccccc5)c5ccccc5)cc4C=[N+]1CC(C)(C)[N+]3=C2. The minimum absolute atomic E-state index is 0.139. The van der Waals surface area contributed by atoms with Crippen LogP contribution in [-0.4, -0.2) is 66.8 Å². The molecule has 420 valence electrons. The molecule has 8 aromatic carbocycles. The van der Waals surface area contributed by atoms with Crippen molar-refractivity contribution in [3.05, 3.63) is 240 Å². The topological polar surface area (TPSA) is 24.5 Å². The molecule has 0 N–H and O–H groups in total. The quantitative estimate of drug-likeness (QED) is 0.0499. The molecule has 0 saturated carbocycles. The summed E-state index contributed by atoms with van der Waals surface area (Å²) in [4.78, 5) is 0. The Morgan fingerprint density at radius 1 is 0.463 bits per heavy atom. The van der Waals surface area contributed by atoms with E-state index in [0.29, 0.717) is 11.8 Å². The molecule has 8 aromatic rings. The van der Waals surface area contributed by atoms with E-state index in [4.69, 9.17) is 9.47 Å². The van der Waals surface area contributed by atoms with Crippen molar-refractivity contribution in [2.45, 2.75) is 159 Å². The molecule has 82 heavy (non-hydrogen) atoms. The Morgan fingerprint density at radius 3 is 1.20 bits per heavy atom. The zero-order valence-corrected chi connectivity index (χ0v) is 54.0. The number of fused-ring (bicyclic) bond motifs is 2. The standard InChI is InChI=1S/C76H88As2N2O2/c1-9-11-33-59(34-12-10-2)62-53-64-56-80-75(7,8)57-79-55-63-52-61(51-58(3)72(63)81-76(79,80)82-73(64)71(54-62)74(4,5)6)60(35-31-49-77(65-37-19-13-20-38-65,66-39-21-14-22-40-66)67-41-23-15-24-42-67)36-32-50-78(68-43-25-16-26-44-68,69-45-27-17-28-46-69)70-47-29-18-30-48-70/h13-30,37-48,51-56,59-60H,9-12,31-36,49-50,57H2,1-8H3/q+4. The predicted molar refractivity (Wildman–Crippen MR) is 351 cm³/mol. The summed E-state index contributed by atoms with van der Waals surface area (Å²) < 4.78 is 29.0. The van der Waals surface area contributed by atoms with E-state index in [9.17, 15) is 0 Å². The average molecular weight is 1210 g/mol. The van der Waals surface area contributed by atoms with Gasteiger partial charge in [-0.3, -0.25) is 0 Å². The molecule has 0 amide bonds. The van der Waals surface area contributed by atoms with Crippen LogP contribution in [0.25, 0.3) is 0 Å². The van der Waals surface area contributed by atoms with Crippen LogP contribution in [0.3, 0.4) is 0 Å². The second-order valence-electron chi connectivity index (χ2n) is 25.4. The molecular formula is C76H88As2N2O2+4. The first-order chi connectivity index (χ1) is 39.8. The summed E-state index contributed by atoms with van der Waals surface area (Å²) in [7, 11) is 0. The summed E-state index contributed by atoms with van der Waals surface area (Å²) in [5.41, 5.74) is 7.19. The summed E-state index contributed by atoms with van der Waals surface area (Å²) in [5, 5.41) is 2.30. The van der Waals surface area contributed by atoms with Gasteiger partial charge in [0, 0.05) is 5.56 Å². The first kappa shape index (κ1) is 57.6. The van der Waals surface area contributed by atoms with E-state index in [1.165, 1.54) is 86.9 Å². The van der Waals surface area contributed by atoms with Gasteiger partial charge in [0.25, 0.3) is 0 Å². The van der Waals surface area contributed by atoms with Crippen molar-refractivity contribution >= 4 is 65.6 Å². The third kappa shape index (κ3) is 11.2. The van der Waals surface area contributed by atoms with Gasteiger partial charge in [0.05, 0.1) is 5.56 Å². The van der Waals surface area contributed by atoms with Crippen molar-refractivity contribution in [2.24, 2.45) is 0 Å². The van der Waals surface area contributed by atoms with Crippen LogP contribution in [0.2, 0.25) is 10.4 Å². The number of benzene rings is 8. The van der Waals surface area contributed by atoms with Gasteiger partial charge in [-0.05, 0) is 35.8 Å². The molecular weight excluding hydrogens is 1120 g/mol. The molecule has 0 radical (unpaired) electrons. The first-order valence-corrected chi connectivity index (χ1v) is 39.2. The second-order valence-corrected chi connectivity index (χ2v) is 40.5. The van der Waals surface area contributed by atoms with Crippen LogP contribution in [0, 0.1) is 6.92 Å². The molecule has 0 bridgehead atoms. The van der Waals surface area contributed by atoms with Gasteiger partial charge in [0.15, 0.2) is 0 Å². The zero-order chi connectivity index (χ0) is 57.0. The molecule has 1 unspecified atom stereocenters. The number of nitrogens with zero attached hydrogens (tertiary/aromatic N) is 2. The van der Waals surface area contributed by atoms with Crippen LogP contribution in [0.1, 0.15) is 158 Å². The molecule has 1 fully saturated rings.